The van der Waals surface area contributed by atoms with Crippen molar-refractivity contribution in [1.82, 2.24) is 9.88 Å². The zero-order chi connectivity index (χ0) is 11.4. The highest BCUT2D eigenvalue weighted by molar-refractivity contribution is 5.75. The van der Waals surface area contributed by atoms with Gasteiger partial charge < -0.3 is 15.0 Å². The molecule has 2 rings (SSSR count). The lowest BCUT2D eigenvalue weighted by Gasteiger charge is -2.17. The Bertz CT molecular complexity index is 329. The number of hydrogen-bond donors (Lipinski definition) is 2. The molecular formula is C12H18N2O2. The Labute approximate surface area is 95.3 Å². The van der Waals surface area contributed by atoms with Crippen molar-refractivity contribution < 1.29 is 9.90 Å². The standard InChI is InChI=1S/C12H18N2O2/c15-12(16)11(10-3-5-13-9-10)4-8-14-6-1-2-7-14/h3,5,9,11,13H,1-2,4,6-8H2,(H,15,16). The largest absolute Gasteiger partial charge is 0.481 e. The first kappa shape index (κ1) is 11.2. The highest BCUT2D eigenvalue weighted by atomic mass is 16.4. The lowest BCUT2D eigenvalue weighted by molar-refractivity contribution is -0.139. The number of aliphatic carboxylic acids is 1. The van der Waals surface area contributed by atoms with Gasteiger partial charge in [-0.05, 0) is 50.5 Å². The van der Waals surface area contributed by atoms with Gasteiger partial charge in [-0.15, -0.1) is 0 Å². The van der Waals surface area contributed by atoms with Crippen molar-refractivity contribution in [3.63, 3.8) is 0 Å². The van der Waals surface area contributed by atoms with Crippen LogP contribution in [0.3, 0.4) is 0 Å². The van der Waals surface area contributed by atoms with Gasteiger partial charge in [0.1, 0.15) is 0 Å². The fourth-order valence-corrected chi connectivity index (χ4v) is 2.30. The second kappa shape index (κ2) is 5.16. The van der Waals surface area contributed by atoms with Crippen molar-refractivity contribution in [3.8, 4) is 0 Å². The van der Waals surface area contributed by atoms with Crippen LogP contribution >= 0.6 is 0 Å². The maximum atomic E-state index is 11.2. The molecule has 2 heterocycles. The fraction of sp³-hybridized carbons (Fsp3) is 0.583. The first-order valence-corrected chi connectivity index (χ1v) is 5.85. The molecule has 1 fully saturated rings. The van der Waals surface area contributed by atoms with E-state index in [4.69, 9.17) is 0 Å². The van der Waals surface area contributed by atoms with Crippen LogP contribution in [0.25, 0.3) is 0 Å². The van der Waals surface area contributed by atoms with Gasteiger partial charge in [0.05, 0.1) is 5.92 Å². The Balaban J connectivity index is 1.90. The lowest BCUT2D eigenvalue weighted by Crippen LogP contribution is -2.24. The first-order chi connectivity index (χ1) is 7.77. The van der Waals surface area contributed by atoms with Crippen LogP contribution in [0.1, 0.15) is 30.7 Å². The van der Waals surface area contributed by atoms with Gasteiger partial charge in [-0.25, -0.2) is 0 Å². The minimum Gasteiger partial charge on any atom is -0.481 e. The summed E-state index contributed by atoms with van der Waals surface area (Å²) < 4.78 is 0. The van der Waals surface area contributed by atoms with E-state index < -0.39 is 5.97 Å². The normalized spacial score (nSPS) is 18.8. The summed E-state index contributed by atoms with van der Waals surface area (Å²) in [5.41, 5.74) is 0.881. The molecule has 0 saturated carbocycles. The Morgan fingerprint density at radius 3 is 2.81 bits per heavy atom. The van der Waals surface area contributed by atoms with Gasteiger partial charge in [-0.3, -0.25) is 4.79 Å². The zero-order valence-electron chi connectivity index (χ0n) is 9.35. The molecule has 0 aromatic carbocycles. The molecule has 1 aromatic heterocycles. The maximum Gasteiger partial charge on any atom is 0.311 e. The maximum absolute atomic E-state index is 11.2. The molecular weight excluding hydrogens is 204 g/mol. The fourth-order valence-electron chi connectivity index (χ4n) is 2.30. The molecule has 4 heteroatoms. The first-order valence-electron chi connectivity index (χ1n) is 5.85. The summed E-state index contributed by atoms with van der Waals surface area (Å²) in [5.74, 6) is -1.09. The summed E-state index contributed by atoms with van der Waals surface area (Å²) in [7, 11) is 0. The molecule has 0 spiro atoms. The van der Waals surface area contributed by atoms with Crippen molar-refractivity contribution in [3.05, 3.63) is 24.0 Å². The van der Waals surface area contributed by atoms with Gasteiger partial charge in [-0.1, -0.05) is 0 Å². The van der Waals surface area contributed by atoms with Crippen LogP contribution in [0, 0.1) is 0 Å². The summed E-state index contributed by atoms with van der Waals surface area (Å²) in [6, 6.07) is 1.85. The molecule has 1 aliphatic rings. The topological polar surface area (TPSA) is 56.3 Å². The van der Waals surface area contributed by atoms with Gasteiger partial charge >= 0.3 is 5.97 Å². The zero-order valence-corrected chi connectivity index (χ0v) is 9.35. The quantitative estimate of drug-likeness (QED) is 0.796. The summed E-state index contributed by atoms with van der Waals surface area (Å²) in [6.45, 7) is 3.14. The Morgan fingerprint density at radius 1 is 1.50 bits per heavy atom. The van der Waals surface area contributed by atoms with E-state index >= 15 is 0 Å². The third-order valence-corrected chi connectivity index (χ3v) is 3.26. The third kappa shape index (κ3) is 2.64. The average Bonchev–Trinajstić information content (AvgIpc) is 2.88. The van der Waals surface area contributed by atoms with Crippen LogP contribution in [0.15, 0.2) is 18.5 Å². The Kier molecular flexibility index (Phi) is 3.62. The number of carboxylic acids is 1. The second-order valence-corrected chi connectivity index (χ2v) is 4.37. The summed E-state index contributed by atoms with van der Waals surface area (Å²) in [5, 5.41) is 9.19. The number of aromatic nitrogens is 1. The number of nitrogens with zero attached hydrogens (tertiary/aromatic N) is 1. The van der Waals surface area contributed by atoms with Crippen LogP contribution < -0.4 is 0 Å². The predicted octanol–water partition coefficient (Wildman–Crippen LogP) is 1.67. The monoisotopic (exact) mass is 222 g/mol. The molecule has 2 N–H and O–H groups in total. The van der Waals surface area contributed by atoms with E-state index in [1.165, 1.54) is 12.8 Å². The second-order valence-electron chi connectivity index (χ2n) is 4.37. The minimum atomic E-state index is -0.723. The summed E-state index contributed by atoms with van der Waals surface area (Å²) in [4.78, 5) is 16.4. The number of likely N-dealkylation sites (tertiary alicyclic amines) is 1. The van der Waals surface area contributed by atoms with Crippen molar-refractivity contribution in [1.29, 1.82) is 0 Å². The van der Waals surface area contributed by atoms with E-state index in [1.54, 1.807) is 12.4 Å². The van der Waals surface area contributed by atoms with Gasteiger partial charge in [0.25, 0.3) is 0 Å². The van der Waals surface area contributed by atoms with E-state index in [9.17, 15) is 9.90 Å². The van der Waals surface area contributed by atoms with Crippen molar-refractivity contribution in [2.24, 2.45) is 0 Å². The van der Waals surface area contributed by atoms with E-state index in [2.05, 4.69) is 9.88 Å². The van der Waals surface area contributed by atoms with E-state index in [1.807, 2.05) is 6.07 Å². The Hall–Kier alpha value is -1.29. The Morgan fingerprint density at radius 2 is 2.25 bits per heavy atom. The van der Waals surface area contributed by atoms with E-state index in [0.29, 0.717) is 6.42 Å². The molecule has 0 radical (unpaired) electrons. The predicted molar refractivity (Wildman–Crippen MR) is 61.5 cm³/mol. The van der Waals surface area contributed by atoms with Gasteiger partial charge in [0.2, 0.25) is 0 Å². The molecule has 1 unspecified atom stereocenters. The molecule has 88 valence electrons. The summed E-state index contributed by atoms with van der Waals surface area (Å²) >= 11 is 0. The van der Waals surface area contributed by atoms with Gasteiger partial charge in [-0.2, -0.15) is 0 Å². The number of carbonyl (C=O) groups is 1. The number of nitrogens with one attached hydrogen (secondary N) is 1. The lowest BCUT2D eigenvalue weighted by atomic mass is 9.98. The number of carboxylic acid groups (broad SMARTS) is 1. The average molecular weight is 222 g/mol. The summed E-state index contributed by atoms with van der Waals surface area (Å²) in [6.07, 6.45) is 6.76. The highest BCUT2D eigenvalue weighted by Crippen LogP contribution is 2.21. The van der Waals surface area contributed by atoms with Crippen LogP contribution in [-0.4, -0.2) is 40.6 Å². The van der Waals surface area contributed by atoms with Crippen LogP contribution in [0.2, 0.25) is 0 Å². The van der Waals surface area contributed by atoms with Crippen molar-refractivity contribution in [2.75, 3.05) is 19.6 Å². The minimum absolute atomic E-state index is 0.369. The molecule has 1 aliphatic heterocycles. The molecule has 4 nitrogen and oxygen atoms in total. The SMILES string of the molecule is O=C(O)C(CCN1CCCC1)c1cc[nH]c1. The highest BCUT2D eigenvalue weighted by Gasteiger charge is 2.22. The van der Waals surface area contributed by atoms with Crippen LogP contribution in [0.4, 0.5) is 0 Å². The molecule has 16 heavy (non-hydrogen) atoms. The van der Waals surface area contributed by atoms with Crippen molar-refractivity contribution >= 4 is 5.97 Å². The van der Waals surface area contributed by atoms with Crippen molar-refractivity contribution in [2.45, 2.75) is 25.2 Å². The molecule has 0 aliphatic carbocycles. The molecule has 0 amide bonds. The van der Waals surface area contributed by atoms with E-state index in [-0.39, 0.29) is 5.92 Å². The van der Waals surface area contributed by atoms with Crippen LogP contribution in [0.5, 0.6) is 0 Å². The molecule has 1 saturated heterocycles. The molecule has 1 atom stereocenters. The van der Waals surface area contributed by atoms with E-state index in [0.717, 1.165) is 25.2 Å². The molecule has 1 aromatic rings. The third-order valence-electron chi connectivity index (χ3n) is 3.26. The van der Waals surface area contributed by atoms with Gasteiger partial charge in [0.15, 0.2) is 0 Å². The van der Waals surface area contributed by atoms with Gasteiger partial charge in [0, 0.05) is 12.4 Å². The number of H-pyrrole nitrogens is 1. The molecule has 0 bridgehead atoms. The van der Waals surface area contributed by atoms with Crippen LogP contribution in [-0.2, 0) is 4.79 Å². The smallest absolute Gasteiger partial charge is 0.311 e. The number of aromatic amines is 1. The number of rotatable bonds is 5. The number of hydrogen-bond acceptors (Lipinski definition) is 2.